The Labute approximate surface area is 94.3 Å². The van der Waals surface area contributed by atoms with Gasteiger partial charge in [0.05, 0.1) is 13.7 Å². The van der Waals surface area contributed by atoms with Crippen LogP contribution in [-0.4, -0.2) is 19.8 Å². The topological polar surface area (TPSA) is 56.8 Å². The summed E-state index contributed by atoms with van der Waals surface area (Å²) in [5.41, 5.74) is 3.07. The van der Waals surface area contributed by atoms with Crippen LogP contribution < -0.4 is 10.2 Å². The Morgan fingerprint density at radius 1 is 1.44 bits per heavy atom. The summed E-state index contributed by atoms with van der Waals surface area (Å²) in [6, 6.07) is 7.38. The molecule has 0 fully saturated rings. The van der Waals surface area contributed by atoms with Crippen LogP contribution in [0.5, 0.6) is 5.75 Å². The molecule has 0 spiro atoms. The standard InChI is InChI=1S/C11H15NO4/c1-3-15-11(13)12-16-8-9-5-4-6-10(7-9)14-2/h4-7H,3,8H2,1-2H3,(H,12,13). The van der Waals surface area contributed by atoms with Crippen LogP contribution in [0.4, 0.5) is 4.79 Å². The van der Waals surface area contributed by atoms with E-state index in [9.17, 15) is 4.79 Å². The molecule has 0 aromatic heterocycles. The number of carbonyl (C=O) groups is 1. The van der Waals surface area contributed by atoms with Crippen molar-refractivity contribution in [3.63, 3.8) is 0 Å². The van der Waals surface area contributed by atoms with E-state index in [-0.39, 0.29) is 6.61 Å². The van der Waals surface area contributed by atoms with E-state index < -0.39 is 6.09 Å². The van der Waals surface area contributed by atoms with Crippen molar-refractivity contribution in [2.24, 2.45) is 0 Å². The van der Waals surface area contributed by atoms with Gasteiger partial charge < -0.3 is 9.47 Å². The van der Waals surface area contributed by atoms with Gasteiger partial charge in [-0.25, -0.2) is 4.79 Å². The minimum atomic E-state index is -0.592. The molecule has 5 nitrogen and oxygen atoms in total. The zero-order chi connectivity index (χ0) is 11.8. The lowest BCUT2D eigenvalue weighted by Gasteiger charge is -2.06. The van der Waals surface area contributed by atoms with E-state index in [0.29, 0.717) is 6.61 Å². The minimum absolute atomic E-state index is 0.260. The van der Waals surface area contributed by atoms with E-state index in [1.807, 2.05) is 24.3 Å². The molecule has 0 bridgehead atoms. The Morgan fingerprint density at radius 3 is 2.94 bits per heavy atom. The fraction of sp³-hybridized carbons (Fsp3) is 0.364. The third kappa shape index (κ3) is 4.18. The second-order valence-corrected chi connectivity index (χ2v) is 2.96. The summed E-state index contributed by atoms with van der Waals surface area (Å²) in [7, 11) is 1.59. The summed E-state index contributed by atoms with van der Waals surface area (Å²) in [5.74, 6) is 0.747. The summed E-state index contributed by atoms with van der Waals surface area (Å²) in [4.78, 5) is 15.8. The van der Waals surface area contributed by atoms with Gasteiger partial charge in [-0.15, -0.1) is 0 Å². The highest BCUT2D eigenvalue weighted by atomic mass is 16.7. The first kappa shape index (κ1) is 12.3. The molecule has 0 saturated heterocycles. The quantitative estimate of drug-likeness (QED) is 0.777. The predicted octanol–water partition coefficient (Wildman–Crippen LogP) is 1.87. The van der Waals surface area contributed by atoms with Crippen LogP contribution in [0.2, 0.25) is 0 Å². The lowest BCUT2D eigenvalue weighted by molar-refractivity contribution is 0.0198. The molecule has 1 amide bonds. The summed E-state index contributed by atoms with van der Waals surface area (Å²) in [6.45, 7) is 2.30. The van der Waals surface area contributed by atoms with Crippen molar-refractivity contribution in [1.29, 1.82) is 0 Å². The molecule has 16 heavy (non-hydrogen) atoms. The Morgan fingerprint density at radius 2 is 2.25 bits per heavy atom. The molecule has 88 valence electrons. The number of nitrogens with one attached hydrogen (secondary N) is 1. The van der Waals surface area contributed by atoms with E-state index in [1.165, 1.54) is 0 Å². The molecule has 5 heteroatoms. The van der Waals surface area contributed by atoms with Crippen molar-refractivity contribution in [2.75, 3.05) is 13.7 Å². The van der Waals surface area contributed by atoms with Crippen LogP contribution in [0.25, 0.3) is 0 Å². The number of amides is 1. The molecule has 1 rings (SSSR count). The number of hydrogen-bond donors (Lipinski definition) is 1. The van der Waals surface area contributed by atoms with Gasteiger partial charge in [-0.1, -0.05) is 12.1 Å². The van der Waals surface area contributed by atoms with E-state index in [2.05, 4.69) is 10.2 Å². The molecule has 1 N–H and O–H groups in total. The summed E-state index contributed by atoms with van der Waals surface area (Å²) >= 11 is 0. The summed E-state index contributed by atoms with van der Waals surface area (Å²) in [5, 5.41) is 0. The maximum absolute atomic E-state index is 10.9. The molecule has 0 aliphatic rings. The van der Waals surface area contributed by atoms with Gasteiger partial charge in [-0.2, -0.15) is 5.48 Å². The van der Waals surface area contributed by atoms with Crippen molar-refractivity contribution in [3.05, 3.63) is 29.8 Å². The van der Waals surface area contributed by atoms with Crippen LogP contribution in [0.1, 0.15) is 12.5 Å². The molecule has 0 radical (unpaired) electrons. The predicted molar refractivity (Wildman–Crippen MR) is 57.9 cm³/mol. The Balaban J connectivity index is 2.34. The van der Waals surface area contributed by atoms with Crippen molar-refractivity contribution >= 4 is 6.09 Å². The molecule has 0 aliphatic heterocycles. The molecule has 0 aliphatic carbocycles. The van der Waals surface area contributed by atoms with Gasteiger partial charge in [0, 0.05) is 0 Å². The molecule has 1 aromatic carbocycles. The van der Waals surface area contributed by atoms with Gasteiger partial charge in [-0.3, -0.25) is 4.84 Å². The molecule has 0 atom stereocenters. The molecule has 0 saturated carbocycles. The highest BCUT2D eigenvalue weighted by Gasteiger charge is 2.00. The number of hydroxylamine groups is 1. The van der Waals surface area contributed by atoms with E-state index in [0.717, 1.165) is 11.3 Å². The molecule has 1 aromatic rings. The van der Waals surface area contributed by atoms with Crippen molar-refractivity contribution in [3.8, 4) is 5.75 Å². The average Bonchev–Trinajstić information content (AvgIpc) is 2.30. The Kier molecular flexibility index (Phi) is 5.15. The van der Waals surface area contributed by atoms with Gasteiger partial charge in [0.1, 0.15) is 12.4 Å². The van der Waals surface area contributed by atoms with E-state index in [1.54, 1.807) is 14.0 Å². The van der Waals surface area contributed by atoms with Crippen LogP contribution >= 0.6 is 0 Å². The number of methoxy groups -OCH3 is 1. The number of benzene rings is 1. The largest absolute Gasteiger partial charge is 0.497 e. The zero-order valence-corrected chi connectivity index (χ0v) is 9.36. The molecule has 0 unspecified atom stereocenters. The summed E-state index contributed by atoms with van der Waals surface area (Å²) < 4.78 is 9.68. The third-order valence-corrected chi connectivity index (χ3v) is 1.80. The number of hydrogen-bond acceptors (Lipinski definition) is 4. The maximum Gasteiger partial charge on any atom is 0.431 e. The fourth-order valence-corrected chi connectivity index (χ4v) is 1.10. The smallest absolute Gasteiger partial charge is 0.431 e. The first-order valence-electron chi connectivity index (χ1n) is 4.93. The number of ether oxygens (including phenoxy) is 2. The van der Waals surface area contributed by atoms with Crippen molar-refractivity contribution < 1.29 is 19.1 Å². The highest BCUT2D eigenvalue weighted by molar-refractivity contribution is 5.65. The first-order valence-corrected chi connectivity index (χ1v) is 4.93. The zero-order valence-electron chi connectivity index (χ0n) is 9.36. The van der Waals surface area contributed by atoms with Crippen LogP contribution in [0, 0.1) is 0 Å². The van der Waals surface area contributed by atoms with Gasteiger partial charge in [0.25, 0.3) is 0 Å². The third-order valence-electron chi connectivity index (χ3n) is 1.80. The SMILES string of the molecule is CCOC(=O)NOCc1cccc(OC)c1. The lowest BCUT2D eigenvalue weighted by atomic mass is 10.2. The highest BCUT2D eigenvalue weighted by Crippen LogP contribution is 2.12. The fourth-order valence-electron chi connectivity index (χ4n) is 1.10. The second kappa shape index (κ2) is 6.68. The lowest BCUT2D eigenvalue weighted by Crippen LogP contribution is -2.24. The monoisotopic (exact) mass is 225 g/mol. The van der Waals surface area contributed by atoms with Gasteiger partial charge >= 0.3 is 6.09 Å². The van der Waals surface area contributed by atoms with Gasteiger partial charge in [0.2, 0.25) is 0 Å². The Hall–Kier alpha value is -1.75. The van der Waals surface area contributed by atoms with Crippen LogP contribution in [0.15, 0.2) is 24.3 Å². The second-order valence-electron chi connectivity index (χ2n) is 2.96. The van der Waals surface area contributed by atoms with E-state index >= 15 is 0 Å². The molecular weight excluding hydrogens is 210 g/mol. The maximum atomic E-state index is 10.9. The Bertz CT molecular complexity index is 341. The normalized spacial score (nSPS) is 9.62. The van der Waals surface area contributed by atoms with Crippen molar-refractivity contribution in [2.45, 2.75) is 13.5 Å². The number of rotatable bonds is 5. The molecule has 0 heterocycles. The van der Waals surface area contributed by atoms with Crippen molar-refractivity contribution in [1.82, 2.24) is 5.48 Å². The number of carbonyl (C=O) groups excluding carboxylic acids is 1. The van der Waals surface area contributed by atoms with Gasteiger partial charge in [-0.05, 0) is 24.6 Å². The van der Waals surface area contributed by atoms with E-state index in [4.69, 9.17) is 9.57 Å². The first-order chi connectivity index (χ1) is 7.76. The summed E-state index contributed by atoms with van der Waals surface area (Å²) in [6.07, 6.45) is -0.592. The van der Waals surface area contributed by atoms with Crippen LogP contribution in [0.3, 0.4) is 0 Å². The minimum Gasteiger partial charge on any atom is -0.497 e. The average molecular weight is 225 g/mol. The van der Waals surface area contributed by atoms with Crippen LogP contribution in [-0.2, 0) is 16.2 Å². The molecular formula is C11H15NO4. The van der Waals surface area contributed by atoms with Gasteiger partial charge in [0.15, 0.2) is 0 Å².